The zero-order valence-corrected chi connectivity index (χ0v) is 7.98. The van der Waals surface area contributed by atoms with E-state index in [9.17, 15) is 13.0 Å². The minimum absolute atomic E-state index is 0.0247. The average molecular weight is 215 g/mol. The van der Waals surface area contributed by atoms with Gasteiger partial charge in [0.2, 0.25) is 0 Å². The van der Waals surface area contributed by atoms with E-state index in [0.717, 1.165) is 18.2 Å². The molecule has 0 saturated heterocycles. The molecule has 1 atom stereocenters. The molecule has 0 aromatic heterocycles. The molecule has 0 heterocycles. The van der Waals surface area contributed by atoms with Crippen molar-refractivity contribution in [1.82, 2.24) is 0 Å². The Kier molecular flexibility index (Phi) is 3.72. The molecule has 0 aliphatic rings. The molecule has 0 radical (unpaired) electrons. The highest BCUT2D eigenvalue weighted by atomic mass is 32.2. The molecule has 1 aromatic rings. The van der Waals surface area contributed by atoms with E-state index in [1.807, 2.05) is 0 Å². The fourth-order valence-electron chi connectivity index (χ4n) is 0.900. The Labute approximate surface area is 82.6 Å². The molecular weight excluding hydrogens is 208 g/mol. The van der Waals surface area contributed by atoms with Gasteiger partial charge in [-0.2, -0.15) is 5.26 Å². The smallest absolute Gasteiger partial charge is 0.139 e. The predicted octanol–water partition coefficient (Wildman–Crippen LogP) is 1.99. The number of hydrogen-bond acceptors (Lipinski definition) is 2. The van der Waals surface area contributed by atoms with E-state index in [-0.39, 0.29) is 17.1 Å². The average Bonchev–Trinajstić information content (AvgIpc) is 2.18. The lowest BCUT2D eigenvalue weighted by molar-refractivity contribution is 0.572. The second-order valence-electron chi connectivity index (χ2n) is 2.53. The van der Waals surface area contributed by atoms with Gasteiger partial charge in [0.05, 0.1) is 21.8 Å². The minimum Gasteiger partial charge on any atom is -0.254 e. The van der Waals surface area contributed by atoms with Crippen LogP contribution in [0.2, 0.25) is 0 Å². The Morgan fingerprint density at radius 3 is 2.79 bits per heavy atom. The number of nitriles is 1. The van der Waals surface area contributed by atoms with Gasteiger partial charge >= 0.3 is 0 Å². The van der Waals surface area contributed by atoms with Gasteiger partial charge in [0.15, 0.2) is 0 Å². The van der Waals surface area contributed by atoms with Gasteiger partial charge in [0.25, 0.3) is 0 Å². The van der Waals surface area contributed by atoms with Crippen LogP contribution in [-0.4, -0.2) is 9.96 Å². The largest absolute Gasteiger partial charge is 0.254 e. The van der Waals surface area contributed by atoms with Crippen molar-refractivity contribution in [3.05, 3.63) is 29.8 Å². The quantitative estimate of drug-likeness (QED) is 0.773. The van der Waals surface area contributed by atoms with Gasteiger partial charge in [-0.25, -0.2) is 8.78 Å². The maximum Gasteiger partial charge on any atom is 0.139 e. The summed E-state index contributed by atoms with van der Waals surface area (Å²) in [6.45, 7) is 0. The molecule has 0 saturated carbocycles. The van der Waals surface area contributed by atoms with Gasteiger partial charge in [-0.1, -0.05) is 0 Å². The summed E-state index contributed by atoms with van der Waals surface area (Å²) in [7, 11) is -1.64. The summed E-state index contributed by atoms with van der Waals surface area (Å²) >= 11 is 0. The molecule has 1 aromatic carbocycles. The molecule has 0 fully saturated rings. The highest BCUT2D eigenvalue weighted by molar-refractivity contribution is 7.85. The number of hydrogen-bond donors (Lipinski definition) is 0. The van der Waals surface area contributed by atoms with Crippen molar-refractivity contribution in [2.75, 3.05) is 5.75 Å². The van der Waals surface area contributed by atoms with Gasteiger partial charge in [-0.3, -0.25) is 4.21 Å². The third-order valence-corrected chi connectivity index (χ3v) is 2.92. The standard InChI is InChI=1S/C9H7F2NOS/c10-7-2-3-8(11)9(6-7)14(13)5-1-4-12/h2-3,6H,1,5H2. The van der Waals surface area contributed by atoms with Crippen LogP contribution in [0.1, 0.15) is 6.42 Å². The molecular formula is C9H7F2NOS. The lowest BCUT2D eigenvalue weighted by Gasteiger charge is -2.01. The zero-order valence-electron chi connectivity index (χ0n) is 7.17. The van der Waals surface area contributed by atoms with Crippen molar-refractivity contribution in [2.45, 2.75) is 11.3 Å². The second kappa shape index (κ2) is 4.82. The van der Waals surface area contributed by atoms with Crippen molar-refractivity contribution < 1.29 is 13.0 Å². The first kappa shape index (κ1) is 10.8. The molecule has 1 rings (SSSR count). The van der Waals surface area contributed by atoms with E-state index < -0.39 is 22.4 Å². The molecule has 5 heteroatoms. The molecule has 0 N–H and O–H groups in total. The van der Waals surface area contributed by atoms with Crippen LogP contribution in [0.3, 0.4) is 0 Å². The van der Waals surface area contributed by atoms with E-state index in [0.29, 0.717) is 0 Å². The molecule has 2 nitrogen and oxygen atoms in total. The minimum atomic E-state index is -1.64. The number of rotatable bonds is 3. The van der Waals surface area contributed by atoms with Crippen LogP contribution in [0.25, 0.3) is 0 Å². The van der Waals surface area contributed by atoms with Gasteiger partial charge in [-0.05, 0) is 18.2 Å². The molecule has 1 unspecified atom stereocenters. The fourth-order valence-corrected chi connectivity index (χ4v) is 1.93. The normalized spacial score (nSPS) is 12.1. The van der Waals surface area contributed by atoms with Crippen LogP contribution >= 0.6 is 0 Å². The maximum absolute atomic E-state index is 13.0. The summed E-state index contributed by atoms with van der Waals surface area (Å²) in [5.74, 6) is -1.31. The molecule has 0 spiro atoms. The van der Waals surface area contributed by atoms with Crippen molar-refractivity contribution >= 4 is 10.8 Å². The summed E-state index contributed by atoms with van der Waals surface area (Å²) in [5, 5.41) is 8.23. The van der Waals surface area contributed by atoms with E-state index >= 15 is 0 Å². The lowest BCUT2D eigenvalue weighted by Crippen LogP contribution is -2.00. The third-order valence-electron chi connectivity index (χ3n) is 1.54. The van der Waals surface area contributed by atoms with Crippen LogP contribution in [0, 0.1) is 23.0 Å². The zero-order chi connectivity index (χ0) is 10.6. The highest BCUT2D eigenvalue weighted by Crippen LogP contribution is 2.14. The van der Waals surface area contributed by atoms with Crippen LogP contribution in [0.5, 0.6) is 0 Å². The van der Waals surface area contributed by atoms with Crippen LogP contribution < -0.4 is 0 Å². The molecule has 0 aliphatic carbocycles. The first-order valence-corrected chi connectivity index (χ1v) is 5.17. The maximum atomic E-state index is 13.0. The lowest BCUT2D eigenvalue weighted by atomic mass is 10.3. The number of benzene rings is 1. The predicted molar refractivity (Wildman–Crippen MR) is 47.9 cm³/mol. The van der Waals surface area contributed by atoms with E-state index in [1.54, 1.807) is 6.07 Å². The monoisotopic (exact) mass is 215 g/mol. The summed E-state index contributed by atoms with van der Waals surface area (Å²) in [4.78, 5) is -0.180. The van der Waals surface area contributed by atoms with E-state index in [1.165, 1.54) is 0 Å². The summed E-state index contributed by atoms with van der Waals surface area (Å²) in [6.07, 6.45) is 0.0581. The van der Waals surface area contributed by atoms with Crippen LogP contribution in [0.15, 0.2) is 23.1 Å². The van der Waals surface area contributed by atoms with Gasteiger partial charge < -0.3 is 0 Å². The number of halogens is 2. The van der Waals surface area contributed by atoms with Crippen LogP contribution in [-0.2, 0) is 10.8 Å². The Morgan fingerprint density at radius 1 is 1.43 bits per heavy atom. The topological polar surface area (TPSA) is 40.9 Å². The van der Waals surface area contributed by atoms with E-state index in [2.05, 4.69) is 0 Å². The first-order valence-electron chi connectivity index (χ1n) is 3.85. The van der Waals surface area contributed by atoms with Crippen molar-refractivity contribution in [3.63, 3.8) is 0 Å². The molecule has 74 valence electrons. The van der Waals surface area contributed by atoms with E-state index in [4.69, 9.17) is 5.26 Å². The SMILES string of the molecule is N#CCCS(=O)c1cc(F)ccc1F. The fraction of sp³-hybridized carbons (Fsp3) is 0.222. The summed E-state index contributed by atoms with van der Waals surface area (Å²) in [5.41, 5.74) is 0. The Hall–Kier alpha value is -1.28. The Bertz CT molecular complexity index is 400. The van der Waals surface area contributed by atoms with Gasteiger partial charge in [-0.15, -0.1) is 0 Å². The first-order chi connectivity index (χ1) is 6.65. The molecule has 14 heavy (non-hydrogen) atoms. The Morgan fingerprint density at radius 2 is 2.14 bits per heavy atom. The van der Waals surface area contributed by atoms with Crippen molar-refractivity contribution in [1.29, 1.82) is 5.26 Å². The number of nitrogens with zero attached hydrogens (tertiary/aromatic N) is 1. The highest BCUT2D eigenvalue weighted by Gasteiger charge is 2.10. The Balaban J connectivity index is 2.90. The second-order valence-corrected chi connectivity index (χ2v) is 4.07. The molecule has 0 aliphatic heterocycles. The molecule has 0 bridgehead atoms. The third kappa shape index (κ3) is 2.60. The molecule has 0 amide bonds. The van der Waals surface area contributed by atoms with Crippen molar-refractivity contribution in [2.24, 2.45) is 0 Å². The van der Waals surface area contributed by atoms with Crippen molar-refractivity contribution in [3.8, 4) is 6.07 Å². The summed E-state index contributed by atoms with van der Waals surface area (Å²) < 4.78 is 37.0. The van der Waals surface area contributed by atoms with Gasteiger partial charge in [0, 0.05) is 12.2 Å². The summed E-state index contributed by atoms with van der Waals surface area (Å²) in [6, 6.07) is 4.57. The van der Waals surface area contributed by atoms with Crippen LogP contribution in [0.4, 0.5) is 8.78 Å². The van der Waals surface area contributed by atoms with Gasteiger partial charge in [0.1, 0.15) is 11.6 Å².